The molecule has 114 valence electrons. The lowest BCUT2D eigenvalue weighted by atomic mass is 10.2. The molecule has 21 heavy (non-hydrogen) atoms. The van der Waals surface area contributed by atoms with Gasteiger partial charge in [-0.3, -0.25) is 4.68 Å². The minimum Gasteiger partial charge on any atom is -0.487 e. The molecule has 2 rings (SSSR count). The van der Waals surface area contributed by atoms with Gasteiger partial charge in [-0.25, -0.2) is 4.39 Å². The van der Waals surface area contributed by atoms with Gasteiger partial charge in [0, 0.05) is 39.0 Å². The Bertz CT molecular complexity index is 572. The zero-order valence-corrected chi connectivity index (χ0v) is 12.3. The number of hydrogen-bond donors (Lipinski definition) is 1. The van der Waals surface area contributed by atoms with E-state index in [1.807, 2.05) is 19.3 Å². The van der Waals surface area contributed by atoms with Gasteiger partial charge in [0.2, 0.25) is 0 Å². The van der Waals surface area contributed by atoms with E-state index in [-0.39, 0.29) is 5.82 Å². The molecule has 0 aliphatic carbocycles. The quantitative estimate of drug-likeness (QED) is 0.755. The van der Waals surface area contributed by atoms with E-state index in [0.717, 1.165) is 11.3 Å². The lowest BCUT2D eigenvalue weighted by Crippen LogP contribution is -2.19. The molecular weight excluding hydrogens is 273 g/mol. The first-order valence-corrected chi connectivity index (χ1v) is 6.78. The Kier molecular flexibility index (Phi) is 5.71. The number of aryl methyl sites for hydroxylation is 1. The first kappa shape index (κ1) is 15.5. The monoisotopic (exact) mass is 293 g/mol. The SMILES string of the molecule is COCCNCc1cc(F)ccc1OCc1ccn(C)n1. The molecule has 0 fully saturated rings. The van der Waals surface area contributed by atoms with Crippen LogP contribution in [-0.4, -0.2) is 30.0 Å². The summed E-state index contributed by atoms with van der Waals surface area (Å²) >= 11 is 0. The number of halogens is 1. The molecule has 0 spiro atoms. The van der Waals surface area contributed by atoms with Gasteiger partial charge in [0.15, 0.2) is 0 Å². The van der Waals surface area contributed by atoms with Gasteiger partial charge in [-0.2, -0.15) is 5.10 Å². The Hall–Kier alpha value is -1.92. The summed E-state index contributed by atoms with van der Waals surface area (Å²) in [5, 5.41) is 7.43. The van der Waals surface area contributed by atoms with Crippen molar-refractivity contribution in [2.45, 2.75) is 13.2 Å². The standard InChI is InChI=1S/C15H20FN3O2/c1-19-7-5-14(18-19)11-21-15-4-3-13(16)9-12(15)10-17-6-8-20-2/h3-5,7,9,17H,6,8,10-11H2,1-2H3. The smallest absolute Gasteiger partial charge is 0.132 e. The highest BCUT2D eigenvalue weighted by molar-refractivity contribution is 5.34. The molecule has 2 aromatic rings. The van der Waals surface area contributed by atoms with Crippen molar-refractivity contribution < 1.29 is 13.9 Å². The van der Waals surface area contributed by atoms with E-state index in [2.05, 4.69) is 10.4 Å². The molecule has 1 heterocycles. The van der Waals surface area contributed by atoms with Crippen LogP contribution in [0.15, 0.2) is 30.5 Å². The third-order valence-electron chi connectivity index (χ3n) is 2.97. The number of nitrogens with zero attached hydrogens (tertiary/aromatic N) is 2. The van der Waals surface area contributed by atoms with Crippen molar-refractivity contribution in [2.24, 2.45) is 7.05 Å². The Morgan fingerprint density at radius 1 is 1.33 bits per heavy atom. The molecule has 5 nitrogen and oxygen atoms in total. The number of benzene rings is 1. The van der Waals surface area contributed by atoms with Crippen LogP contribution in [0.5, 0.6) is 5.75 Å². The van der Waals surface area contributed by atoms with Crippen molar-refractivity contribution in [1.29, 1.82) is 0 Å². The van der Waals surface area contributed by atoms with Gasteiger partial charge in [0.05, 0.1) is 12.3 Å². The second kappa shape index (κ2) is 7.75. The summed E-state index contributed by atoms with van der Waals surface area (Å²) in [5.74, 6) is 0.385. The fourth-order valence-electron chi connectivity index (χ4n) is 1.92. The summed E-state index contributed by atoms with van der Waals surface area (Å²) < 4.78 is 25.8. The van der Waals surface area contributed by atoms with Crippen LogP contribution in [0.4, 0.5) is 4.39 Å². The second-order valence-electron chi connectivity index (χ2n) is 4.69. The van der Waals surface area contributed by atoms with Gasteiger partial charge in [-0.1, -0.05) is 0 Å². The van der Waals surface area contributed by atoms with E-state index in [0.29, 0.717) is 32.1 Å². The van der Waals surface area contributed by atoms with E-state index < -0.39 is 0 Å². The Morgan fingerprint density at radius 2 is 2.19 bits per heavy atom. The maximum atomic E-state index is 13.4. The number of aromatic nitrogens is 2. The van der Waals surface area contributed by atoms with E-state index >= 15 is 0 Å². The third-order valence-corrected chi connectivity index (χ3v) is 2.97. The van der Waals surface area contributed by atoms with Crippen LogP contribution in [0.25, 0.3) is 0 Å². The number of hydrogen-bond acceptors (Lipinski definition) is 4. The van der Waals surface area contributed by atoms with Crippen LogP contribution in [0, 0.1) is 5.82 Å². The van der Waals surface area contributed by atoms with Gasteiger partial charge < -0.3 is 14.8 Å². The van der Waals surface area contributed by atoms with Crippen LogP contribution in [0.3, 0.4) is 0 Å². The summed E-state index contributed by atoms with van der Waals surface area (Å²) in [6.07, 6.45) is 1.86. The molecule has 0 amide bonds. The van der Waals surface area contributed by atoms with E-state index in [1.54, 1.807) is 17.9 Å². The molecule has 1 aromatic heterocycles. The molecule has 0 saturated heterocycles. The molecule has 0 aliphatic heterocycles. The molecule has 1 aromatic carbocycles. The predicted octanol–water partition coefficient (Wildman–Crippen LogP) is 1.87. The molecule has 0 saturated carbocycles. The van der Waals surface area contributed by atoms with Gasteiger partial charge in [-0.15, -0.1) is 0 Å². The second-order valence-corrected chi connectivity index (χ2v) is 4.69. The fraction of sp³-hybridized carbons (Fsp3) is 0.400. The van der Waals surface area contributed by atoms with Crippen molar-refractivity contribution in [3.63, 3.8) is 0 Å². The molecule has 0 atom stereocenters. The summed E-state index contributed by atoms with van der Waals surface area (Å²) in [5.41, 5.74) is 1.61. The average Bonchev–Trinajstić information content (AvgIpc) is 2.88. The van der Waals surface area contributed by atoms with Crippen molar-refractivity contribution in [1.82, 2.24) is 15.1 Å². The van der Waals surface area contributed by atoms with Crippen LogP contribution < -0.4 is 10.1 Å². The van der Waals surface area contributed by atoms with Gasteiger partial charge in [-0.05, 0) is 24.3 Å². The van der Waals surface area contributed by atoms with Gasteiger partial charge in [0.25, 0.3) is 0 Å². The molecule has 0 radical (unpaired) electrons. The van der Waals surface area contributed by atoms with Crippen molar-refractivity contribution in [3.05, 3.63) is 47.5 Å². The number of nitrogens with one attached hydrogen (secondary N) is 1. The zero-order valence-electron chi connectivity index (χ0n) is 12.3. The zero-order chi connectivity index (χ0) is 15.1. The van der Waals surface area contributed by atoms with E-state index in [4.69, 9.17) is 9.47 Å². The fourth-order valence-corrected chi connectivity index (χ4v) is 1.92. The van der Waals surface area contributed by atoms with E-state index in [9.17, 15) is 4.39 Å². The molecule has 6 heteroatoms. The highest BCUT2D eigenvalue weighted by atomic mass is 19.1. The number of methoxy groups -OCH3 is 1. The molecule has 0 aliphatic rings. The maximum absolute atomic E-state index is 13.4. The van der Waals surface area contributed by atoms with Crippen molar-refractivity contribution in [3.8, 4) is 5.75 Å². The topological polar surface area (TPSA) is 48.3 Å². The molecule has 0 bridgehead atoms. The lowest BCUT2D eigenvalue weighted by molar-refractivity contribution is 0.199. The highest BCUT2D eigenvalue weighted by Crippen LogP contribution is 2.20. The van der Waals surface area contributed by atoms with Crippen molar-refractivity contribution in [2.75, 3.05) is 20.3 Å². The first-order chi connectivity index (χ1) is 10.2. The Balaban J connectivity index is 1.97. The third kappa shape index (κ3) is 4.84. The minimum atomic E-state index is -0.274. The lowest BCUT2D eigenvalue weighted by Gasteiger charge is -2.11. The summed E-state index contributed by atoms with van der Waals surface area (Å²) in [6.45, 7) is 2.20. The maximum Gasteiger partial charge on any atom is 0.132 e. The summed E-state index contributed by atoms with van der Waals surface area (Å²) in [4.78, 5) is 0. The molecular formula is C15H20FN3O2. The van der Waals surface area contributed by atoms with Crippen LogP contribution >= 0.6 is 0 Å². The predicted molar refractivity (Wildman–Crippen MR) is 77.5 cm³/mol. The van der Waals surface area contributed by atoms with Crippen LogP contribution in [-0.2, 0) is 24.9 Å². The van der Waals surface area contributed by atoms with Gasteiger partial charge in [0.1, 0.15) is 18.2 Å². The summed E-state index contributed by atoms with van der Waals surface area (Å²) in [7, 11) is 3.50. The van der Waals surface area contributed by atoms with Crippen LogP contribution in [0.1, 0.15) is 11.3 Å². The number of ether oxygens (including phenoxy) is 2. The molecule has 1 N–H and O–H groups in total. The average molecular weight is 293 g/mol. The Morgan fingerprint density at radius 3 is 2.90 bits per heavy atom. The van der Waals surface area contributed by atoms with Crippen LogP contribution in [0.2, 0.25) is 0 Å². The molecule has 0 unspecified atom stereocenters. The Labute approximate surface area is 123 Å². The van der Waals surface area contributed by atoms with Gasteiger partial charge >= 0.3 is 0 Å². The minimum absolute atomic E-state index is 0.274. The van der Waals surface area contributed by atoms with E-state index in [1.165, 1.54) is 12.1 Å². The summed E-state index contributed by atoms with van der Waals surface area (Å²) in [6, 6.07) is 6.41. The normalized spacial score (nSPS) is 10.8. The number of rotatable bonds is 8. The highest BCUT2D eigenvalue weighted by Gasteiger charge is 2.07. The first-order valence-electron chi connectivity index (χ1n) is 6.78. The van der Waals surface area contributed by atoms with Crippen molar-refractivity contribution >= 4 is 0 Å². The largest absolute Gasteiger partial charge is 0.487 e.